The van der Waals surface area contributed by atoms with Crippen molar-refractivity contribution >= 4 is 17.5 Å². The van der Waals surface area contributed by atoms with E-state index in [2.05, 4.69) is 0 Å². The molecule has 0 aliphatic carbocycles. The second-order valence-electron chi connectivity index (χ2n) is 4.43. The first kappa shape index (κ1) is 13.4. The summed E-state index contributed by atoms with van der Waals surface area (Å²) in [6.07, 6.45) is 0.793. The van der Waals surface area contributed by atoms with Gasteiger partial charge < -0.3 is 9.64 Å². The number of amides is 2. The number of fused-ring (bicyclic) bond motifs is 1. The first-order chi connectivity index (χ1) is 9.08. The number of rotatable bonds is 3. The average Bonchev–Trinajstić information content (AvgIpc) is 2.44. The summed E-state index contributed by atoms with van der Waals surface area (Å²) in [7, 11) is 0. The van der Waals surface area contributed by atoms with Crippen LogP contribution >= 0.6 is 0 Å². The number of hydrogen-bond acceptors (Lipinski definition) is 4. The zero-order chi connectivity index (χ0) is 14.0. The molecule has 0 radical (unpaired) electrons. The molecule has 2 amide bonds. The predicted octanol–water partition coefficient (Wildman–Crippen LogP) is 1.33. The van der Waals surface area contributed by atoms with E-state index in [1.807, 2.05) is 13.8 Å². The highest BCUT2D eigenvalue weighted by Crippen LogP contribution is 2.34. The Labute approximate surface area is 110 Å². The molecule has 0 bridgehead atoms. The number of hydroxylamine groups is 1. The van der Waals surface area contributed by atoms with Gasteiger partial charge in [0.2, 0.25) is 0 Å². The average molecular weight is 264 g/mol. The van der Waals surface area contributed by atoms with E-state index in [1.165, 1.54) is 6.07 Å². The molecule has 1 aromatic rings. The molecule has 0 spiro atoms. The van der Waals surface area contributed by atoms with Crippen LogP contribution in [-0.2, 0) is 4.79 Å². The van der Waals surface area contributed by atoms with Crippen LogP contribution in [0.4, 0.5) is 5.69 Å². The fraction of sp³-hybridized carbons (Fsp3) is 0.385. The summed E-state index contributed by atoms with van der Waals surface area (Å²) >= 11 is 0. The van der Waals surface area contributed by atoms with E-state index < -0.39 is 5.91 Å². The Kier molecular flexibility index (Phi) is 3.71. The highest BCUT2D eigenvalue weighted by molar-refractivity contribution is 6.01. The minimum absolute atomic E-state index is 0.00286. The van der Waals surface area contributed by atoms with Crippen molar-refractivity contribution in [2.75, 3.05) is 11.5 Å². The Morgan fingerprint density at radius 3 is 2.95 bits per heavy atom. The van der Waals surface area contributed by atoms with Crippen molar-refractivity contribution in [3.63, 3.8) is 0 Å². The summed E-state index contributed by atoms with van der Waals surface area (Å²) in [4.78, 5) is 25.0. The van der Waals surface area contributed by atoms with Crippen molar-refractivity contribution in [1.29, 1.82) is 0 Å². The maximum atomic E-state index is 12.0. The predicted molar refractivity (Wildman–Crippen MR) is 68.4 cm³/mol. The number of ether oxygens (including phenoxy) is 1. The van der Waals surface area contributed by atoms with Gasteiger partial charge in [0.05, 0.1) is 5.69 Å². The van der Waals surface area contributed by atoms with E-state index in [1.54, 1.807) is 22.5 Å². The van der Waals surface area contributed by atoms with Gasteiger partial charge in [-0.05, 0) is 31.5 Å². The fourth-order valence-electron chi connectivity index (χ4n) is 2.04. The molecule has 19 heavy (non-hydrogen) atoms. The maximum Gasteiger partial charge on any atom is 0.274 e. The number of carbonyl (C=O) groups excluding carboxylic acids is 2. The summed E-state index contributed by atoms with van der Waals surface area (Å²) in [6.45, 7) is 3.92. The summed E-state index contributed by atoms with van der Waals surface area (Å²) in [5.74, 6) is -0.192. The zero-order valence-electron chi connectivity index (χ0n) is 10.8. The topological polar surface area (TPSA) is 78.9 Å². The molecular formula is C13H16N2O4. The third kappa shape index (κ3) is 2.39. The molecule has 2 N–H and O–H groups in total. The molecule has 6 heteroatoms. The summed E-state index contributed by atoms with van der Waals surface area (Å²) < 4.78 is 5.34. The lowest BCUT2D eigenvalue weighted by Gasteiger charge is -2.33. The van der Waals surface area contributed by atoms with Gasteiger partial charge in [0.25, 0.3) is 11.8 Å². The van der Waals surface area contributed by atoms with Crippen LogP contribution in [0.2, 0.25) is 0 Å². The number of nitrogens with one attached hydrogen (secondary N) is 1. The molecule has 1 heterocycles. The Morgan fingerprint density at radius 1 is 1.58 bits per heavy atom. The van der Waals surface area contributed by atoms with E-state index in [9.17, 15) is 9.59 Å². The van der Waals surface area contributed by atoms with Gasteiger partial charge in [-0.2, -0.15) is 0 Å². The quantitative estimate of drug-likeness (QED) is 0.637. The number of hydrogen-bond donors (Lipinski definition) is 2. The van der Waals surface area contributed by atoms with Crippen LogP contribution in [0.15, 0.2) is 18.2 Å². The second kappa shape index (κ2) is 5.27. The largest absolute Gasteiger partial charge is 0.482 e. The van der Waals surface area contributed by atoms with Gasteiger partial charge in [-0.1, -0.05) is 6.92 Å². The van der Waals surface area contributed by atoms with Crippen molar-refractivity contribution in [1.82, 2.24) is 5.48 Å². The zero-order valence-corrected chi connectivity index (χ0v) is 10.8. The first-order valence-electron chi connectivity index (χ1n) is 6.11. The maximum absolute atomic E-state index is 12.0. The van der Waals surface area contributed by atoms with Gasteiger partial charge in [0.15, 0.2) is 6.61 Å². The van der Waals surface area contributed by atoms with E-state index in [0.717, 1.165) is 6.42 Å². The Hall–Kier alpha value is -2.08. The molecule has 102 valence electrons. The lowest BCUT2D eigenvalue weighted by Crippen LogP contribution is -2.44. The van der Waals surface area contributed by atoms with Gasteiger partial charge in [-0.15, -0.1) is 0 Å². The molecule has 0 saturated carbocycles. The minimum Gasteiger partial charge on any atom is -0.482 e. The molecule has 1 aliphatic heterocycles. The van der Waals surface area contributed by atoms with Crippen molar-refractivity contribution in [2.24, 2.45) is 0 Å². The molecule has 2 rings (SSSR count). The van der Waals surface area contributed by atoms with Gasteiger partial charge in [0.1, 0.15) is 5.75 Å². The summed E-state index contributed by atoms with van der Waals surface area (Å²) in [6, 6.07) is 4.73. The number of carbonyl (C=O) groups is 2. The SMILES string of the molecule is CCC(C)N1C(=O)COc2ccc(C(=O)NO)cc21. The van der Waals surface area contributed by atoms with Crippen molar-refractivity contribution in [3.05, 3.63) is 23.8 Å². The van der Waals surface area contributed by atoms with Crippen LogP contribution in [-0.4, -0.2) is 29.7 Å². The van der Waals surface area contributed by atoms with Crippen LogP contribution in [0.3, 0.4) is 0 Å². The van der Waals surface area contributed by atoms with E-state index in [-0.39, 0.29) is 24.1 Å². The Balaban J connectivity index is 2.46. The third-order valence-corrected chi connectivity index (χ3v) is 3.23. The van der Waals surface area contributed by atoms with Gasteiger partial charge in [-0.3, -0.25) is 14.8 Å². The van der Waals surface area contributed by atoms with Crippen LogP contribution in [0.25, 0.3) is 0 Å². The standard InChI is InChI=1S/C13H16N2O4/c1-3-8(2)15-10-6-9(13(17)14-18)4-5-11(10)19-7-12(15)16/h4-6,8,18H,3,7H2,1-2H3,(H,14,17). The molecule has 1 aromatic carbocycles. The fourth-order valence-corrected chi connectivity index (χ4v) is 2.04. The molecule has 1 atom stereocenters. The van der Waals surface area contributed by atoms with E-state index in [4.69, 9.17) is 9.94 Å². The lowest BCUT2D eigenvalue weighted by molar-refractivity contribution is -0.121. The van der Waals surface area contributed by atoms with Crippen molar-refractivity contribution < 1.29 is 19.5 Å². The van der Waals surface area contributed by atoms with Crippen LogP contribution in [0.5, 0.6) is 5.75 Å². The van der Waals surface area contributed by atoms with Gasteiger partial charge >= 0.3 is 0 Å². The molecule has 1 aliphatic rings. The van der Waals surface area contributed by atoms with Crippen LogP contribution in [0, 0.1) is 0 Å². The number of benzene rings is 1. The molecular weight excluding hydrogens is 248 g/mol. The third-order valence-electron chi connectivity index (χ3n) is 3.23. The Bertz CT molecular complexity index is 515. The van der Waals surface area contributed by atoms with E-state index in [0.29, 0.717) is 11.4 Å². The number of anilines is 1. The molecule has 0 fully saturated rings. The van der Waals surface area contributed by atoms with E-state index >= 15 is 0 Å². The van der Waals surface area contributed by atoms with Gasteiger partial charge in [-0.25, -0.2) is 5.48 Å². The Morgan fingerprint density at radius 2 is 2.32 bits per heavy atom. The van der Waals surface area contributed by atoms with Crippen LogP contribution < -0.4 is 15.1 Å². The van der Waals surface area contributed by atoms with Crippen molar-refractivity contribution in [3.8, 4) is 5.75 Å². The summed E-state index contributed by atoms with van der Waals surface area (Å²) in [5, 5.41) is 8.65. The molecule has 0 saturated heterocycles. The van der Waals surface area contributed by atoms with Gasteiger partial charge in [0, 0.05) is 11.6 Å². The normalized spacial score (nSPS) is 15.5. The molecule has 6 nitrogen and oxygen atoms in total. The van der Waals surface area contributed by atoms with Crippen LogP contribution in [0.1, 0.15) is 30.6 Å². The second-order valence-corrected chi connectivity index (χ2v) is 4.43. The monoisotopic (exact) mass is 264 g/mol. The highest BCUT2D eigenvalue weighted by atomic mass is 16.5. The first-order valence-corrected chi connectivity index (χ1v) is 6.11. The minimum atomic E-state index is -0.620. The number of nitrogens with zero attached hydrogens (tertiary/aromatic N) is 1. The highest BCUT2D eigenvalue weighted by Gasteiger charge is 2.29. The molecule has 0 aromatic heterocycles. The molecule has 1 unspecified atom stereocenters. The lowest BCUT2D eigenvalue weighted by atomic mass is 10.1. The summed E-state index contributed by atoms with van der Waals surface area (Å²) in [5.41, 5.74) is 2.41. The van der Waals surface area contributed by atoms with Crippen molar-refractivity contribution in [2.45, 2.75) is 26.3 Å². The smallest absolute Gasteiger partial charge is 0.274 e.